The molecule has 102 valence electrons. The molecule has 3 aromatic rings. The van der Waals surface area contributed by atoms with Crippen LogP contribution in [0.4, 0.5) is 10.2 Å². The highest BCUT2D eigenvalue weighted by Gasteiger charge is 2.11. The maximum atomic E-state index is 13.5. The average molecular weight is 271 g/mol. The highest BCUT2D eigenvalue weighted by Crippen LogP contribution is 2.19. The van der Waals surface area contributed by atoms with E-state index in [9.17, 15) is 4.39 Å². The van der Waals surface area contributed by atoms with Gasteiger partial charge < -0.3 is 9.88 Å². The second kappa shape index (κ2) is 4.88. The Morgan fingerprint density at radius 3 is 2.85 bits per heavy atom. The van der Waals surface area contributed by atoms with E-state index in [-0.39, 0.29) is 0 Å². The SMILES string of the molecule is Cc1ccccc1CNc1nc(F)nc2c1ncn2C. The summed E-state index contributed by atoms with van der Waals surface area (Å²) in [6, 6.07) is 8.02. The lowest BCUT2D eigenvalue weighted by atomic mass is 10.1. The molecule has 0 spiro atoms. The molecule has 0 saturated heterocycles. The summed E-state index contributed by atoms with van der Waals surface area (Å²) in [6.07, 6.45) is 0.839. The number of aryl methyl sites for hydroxylation is 2. The summed E-state index contributed by atoms with van der Waals surface area (Å²) in [5.74, 6) is 0.413. The smallest absolute Gasteiger partial charge is 0.312 e. The van der Waals surface area contributed by atoms with Gasteiger partial charge in [0.05, 0.1) is 6.33 Å². The Balaban J connectivity index is 1.93. The van der Waals surface area contributed by atoms with E-state index < -0.39 is 6.08 Å². The van der Waals surface area contributed by atoms with Crippen LogP contribution in [-0.4, -0.2) is 19.5 Å². The number of fused-ring (bicyclic) bond motifs is 1. The Morgan fingerprint density at radius 1 is 1.25 bits per heavy atom. The second-order valence-corrected chi connectivity index (χ2v) is 4.65. The Labute approximate surface area is 115 Å². The van der Waals surface area contributed by atoms with Crippen molar-refractivity contribution < 1.29 is 4.39 Å². The van der Waals surface area contributed by atoms with Crippen molar-refractivity contribution in [1.82, 2.24) is 19.5 Å². The molecule has 0 atom stereocenters. The fourth-order valence-corrected chi connectivity index (χ4v) is 2.09. The first-order valence-corrected chi connectivity index (χ1v) is 6.28. The van der Waals surface area contributed by atoms with Crippen molar-refractivity contribution in [1.29, 1.82) is 0 Å². The number of aromatic nitrogens is 4. The molecule has 0 fully saturated rings. The van der Waals surface area contributed by atoms with Crippen LogP contribution >= 0.6 is 0 Å². The van der Waals surface area contributed by atoms with Gasteiger partial charge in [-0.15, -0.1) is 0 Å². The summed E-state index contributed by atoms with van der Waals surface area (Å²) in [7, 11) is 1.77. The molecule has 1 N–H and O–H groups in total. The molecule has 2 heterocycles. The number of rotatable bonds is 3. The molecule has 1 aromatic carbocycles. The number of halogens is 1. The molecular formula is C14H14FN5. The summed E-state index contributed by atoms with van der Waals surface area (Å²) < 4.78 is 15.1. The summed E-state index contributed by atoms with van der Waals surface area (Å²) in [6.45, 7) is 2.60. The summed E-state index contributed by atoms with van der Waals surface area (Å²) in [5, 5.41) is 3.13. The van der Waals surface area contributed by atoms with Crippen molar-refractivity contribution in [2.75, 3.05) is 5.32 Å². The van der Waals surface area contributed by atoms with Crippen LogP contribution < -0.4 is 5.32 Å². The molecule has 0 bridgehead atoms. The van der Waals surface area contributed by atoms with Crippen molar-refractivity contribution in [2.45, 2.75) is 13.5 Å². The largest absolute Gasteiger partial charge is 0.364 e. The van der Waals surface area contributed by atoms with Crippen LogP contribution in [0.2, 0.25) is 0 Å². The maximum absolute atomic E-state index is 13.5. The zero-order valence-corrected chi connectivity index (χ0v) is 11.3. The van der Waals surface area contributed by atoms with E-state index in [4.69, 9.17) is 0 Å². The second-order valence-electron chi connectivity index (χ2n) is 4.65. The quantitative estimate of drug-likeness (QED) is 0.743. The van der Waals surface area contributed by atoms with E-state index >= 15 is 0 Å². The molecule has 5 nitrogen and oxygen atoms in total. The summed E-state index contributed by atoms with van der Waals surface area (Å²) in [4.78, 5) is 11.7. The molecule has 0 amide bonds. The molecule has 0 aliphatic carbocycles. The van der Waals surface area contributed by atoms with Gasteiger partial charge in [-0.1, -0.05) is 24.3 Å². The number of benzene rings is 1. The summed E-state index contributed by atoms with van der Waals surface area (Å²) in [5.41, 5.74) is 3.36. The highest BCUT2D eigenvalue weighted by molar-refractivity contribution is 5.82. The third-order valence-electron chi connectivity index (χ3n) is 3.24. The van der Waals surface area contributed by atoms with Gasteiger partial charge in [-0.25, -0.2) is 4.98 Å². The first-order valence-electron chi connectivity index (χ1n) is 6.28. The van der Waals surface area contributed by atoms with Gasteiger partial charge in [-0.2, -0.15) is 14.4 Å². The van der Waals surface area contributed by atoms with Crippen LogP contribution in [-0.2, 0) is 13.6 Å². The summed E-state index contributed by atoms with van der Waals surface area (Å²) >= 11 is 0. The molecule has 0 aliphatic rings. The van der Waals surface area contributed by atoms with Gasteiger partial charge in [-0.3, -0.25) is 0 Å². The van der Waals surface area contributed by atoms with Gasteiger partial charge in [0.1, 0.15) is 0 Å². The van der Waals surface area contributed by atoms with Crippen LogP contribution in [0.25, 0.3) is 11.2 Å². The number of anilines is 1. The fraction of sp³-hybridized carbons (Fsp3) is 0.214. The zero-order valence-electron chi connectivity index (χ0n) is 11.3. The molecule has 0 unspecified atom stereocenters. The number of imidazole rings is 1. The number of nitrogens with zero attached hydrogens (tertiary/aromatic N) is 4. The predicted octanol–water partition coefficient (Wildman–Crippen LogP) is 2.42. The van der Waals surface area contributed by atoms with Crippen molar-refractivity contribution in [3.05, 3.63) is 47.8 Å². The Bertz CT molecular complexity index is 765. The molecule has 0 radical (unpaired) electrons. The molecule has 3 rings (SSSR count). The molecule has 0 saturated carbocycles. The molecule has 6 heteroatoms. The molecule has 0 aliphatic heterocycles. The van der Waals surface area contributed by atoms with Crippen molar-refractivity contribution in [3.8, 4) is 0 Å². The minimum absolute atomic E-state index is 0.413. The number of hydrogen-bond acceptors (Lipinski definition) is 4. The lowest BCUT2D eigenvalue weighted by molar-refractivity contribution is 0.543. The van der Waals surface area contributed by atoms with Crippen LogP contribution in [0.15, 0.2) is 30.6 Å². The van der Waals surface area contributed by atoms with E-state index in [2.05, 4.69) is 20.3 Å². The van der Waals surface area contributed by atoms with Crippen LogP contribution in [0.1, 0.15) is 11.1 Å². The monoisotopic (exact) mass is 271 g/mol. The van der Waals surface area contributed by atoms with Gasteiger partial charge in [0.15, 0.2) is 17.0 Å². The van der Waals surface area contributed by atoms with Gasteiger partial charge >= 0.3 is 6.08 Å². The third kappa shape index (κ3) is 2.20. The third-order valence-corrected chi connectivity index (χ3v) is 3.24. The molecular weight excluding hydrogens is 257 g/mol. The van der Waals surface area contributed by atoms with Crippen molar-refractivity contribution in [3.63, 3.8) is 0 Å². The van der Waals surface area contributed by atoms with E-state index in [1.165, 1.54) is 5.56 Å². The Morgan fingerprint density at radius 2 is 2.05 bits per heavy atom. The minimum atomic E-state index is -0.756. The first-order chi connectivity index (χ1) is 9.65. The molecule has 20 heavy (non-hydrogen) atoms. The maximum Gasteiger partial charge on any atom is 0.312 e. The van der Waals surface area contributed by atoms with Gasteiger partial charge in [-0.05, 0) is 18.1 Å². The highest BCUT2D eigenvalue weighted by atomic mass is 19.1. The fourth-order valence-electron chi connectivity index (χ4n) is 2.09. The zero-order chi connectivity index (χ0) is 14.1. The Hall–Kier alpha value is -2.50. The number of hydrogen-bond donors (Lipinski definition) is 1. The number of nitrogens with one attached hydrogen (secondary N) is 1. The van der Waals surface area contributed by atoms with Crippen molar-refractivity contribution in [2.24, 2.45) is 7.05 Å². The Kier molecular flexibility index (Phi) is 3.06. The van der Waals surface area contributed by atoms with E-state index in [0.29, 0.717) is 23.5 Å². The normalized spacial score (nSPS) is 10.9. The van der Waals surface area contributed by atoms with E-state index in [0.717, 1.165) is 5.56 Å². The first kappa shape index (κ1) is 12.5. The van der Waals surface area contributed by atoms with Gasteiger partial charge in [0, 0.05) is 13.6 Å². The van der Waals surface area contributed by atoms with Crippen LogP contribution in [0, 0.1) is 13.0 Å². The van der Waals surface area contributed by atoms with Crippen molar-refractivity contribution >= 4 is 17.0 Å². The molecule has 2 aromatic heterocycles. The van der Waals surface area contributed by atoms with E-state index in [1.807, 2.05) is 31.2 Å². The lowest BCUT2D eigenvalue weighted by Gasteiger charge is -2.08. The van der Waals surface area contributed by atoms with Crippen LogP contribution in [0.3, 0.4) is 0 Å². The van der Waals surface area contributed by atoms with Gasteiger partial charge in [0.25, 0.3) is 0 Å². The average Bonchev–Trinajstić information content (AvgIpc) is 2.79. The van der Waals surface area contributed by atoms with Crippen LogP contribution in [0.5, 0.6) is 0 Å². The predicted molar refractivity (Wildman–Crippen MR) is 74.8 cm³/mol. The standard InChI is InChI=1S/C14H14FN5/c1-9-5-3-4-6-10(9)7-16-12-11-13(19-14(15)18-12)20(2)8-17-11/h3-6,8H,7H2,1-2H3,(H,16,18,19). The van der Waals surface area contributed by atoms with Gasteiger partial charge in [0.2, 0.25) is 0 Å². The topological polar surface area (TPSA) is 55.6 Å². The minimum Gasteiger partial charge on any atom is -0.364 e. The lowest BCUT2D eigenvalue weighted by Crippen LogP contribution is -2.06. The van der Waals surface area contributed by atoms with E-state index in [1.54, 1.807) is 17.9 Å².